The highest BCUT2D eigenvalue weighted by Gasteiger charge is 2.14. The molecule has 0 amide bonds. The average molecular weight is 537 g/mol. The van der Waals surface area contributed by atoms with Crippen LogP contribution in [0.25, 0.3) is 21.5 Å². The van der Waals surface area contributed by atoms with Crippen LogP contribution in [-0.4, -0.2) is 0 Å². The average Bonchev–Trinajstić information content (AvgIpc) is 2.99. The van der Waals surface area contributed by atoms with Crippen molar-refractivity contribution in [2.75, 3.05) is 0 Å². The van der Waals surface area contributed by atoms with Gasteiger partial charge in [-0.25, -0.2) is 0 Å². The maximum absolute atomic E-state index is 6.42. The van der Waals surface area contributed by atoms with Crippen molar-refractivity contribution in [1.82, 2.24) is 0 Å². The second kappa shape index (κ2) is 13.6. The Morgan fingerprint density at radius 1 is 0.564 bits per heavy atom. The van der Waals surface area contributed by atoms with Crippen LogP contribution in [0, 0.1) is 0 Å². The van der Waals surface area contributed by atoms with Crippen LogP contribution in [-0.2, 0) is 36.9 Å². The number of rotatable bonds is 13. The number of alkyl halides is 1. The second-order valence-electron chi connectivity index (χ2n) is 10.2. The molecule has 0 aliphatic rings. The minimum Gasteiger partial charge on any atom is -0.489 e. The first-order chi connectivity index (χ1) is 19.3. The fourth-order valence-corrected chi connectivity index (χ4v) is 5.53. The summed E-state index contributed by atoms with van der Waals surface area (Å²) in [5.74, 6) is 1.39. The molecule has 0 radical (unpaired) electrons. The van der Waals surface area contributed by atoms with Gasteiger partial charge in [-0.05, 0) is 68.8 Å². The van der Waals surface area contributed by atoms with Gasteiger partial charge in [-0.3, -0.25) is 0 Å². The number of fused-ring (bicyclic) bond motifs is 2. The first kappa shape index (κ1) is 27.2. The first-order valence-electron chi connectivity index (χ1n) is 14.1. The Morgan fingerprint density at radius 2 is 1.18 bits per heavy atom. The van der Waals surface area contributed by atoms with Crippen molar-refractivity contribution in [2.45, 2.75) is 64.7 Å². The molecule has 0 spiro atoms. The normalized spacial score (nSPS) is 11.3. The van der Waals surface area contributed by atoms with E-state index in [4.69, 9.17) is 21.1 Å². The van der Waals surface area contributed by atoms with Crippen LogP contribution in [0.3, 0.4) is 0 Å². The van der Waals surface area contributed by atoms with Gasteiger partial charge in [0.25, 0.3) is 0 Å². The Bertz CT molecular complexity index is 1450. The summed E-state index contributed by atoms with van der Waals surface area (Å²) >= 11 is 5.89. The molecule has 200 valence electrons. The number of hydrogen-bond acceptors (Lipinski definition) is 2. The maximum Gasteiger partial charge on any atom is 0.120 e. The van der Waals surface area contributed by atoms with Crippen LogP contribution < -0.4 is 4.74 Å². The van der Waals surface area contributed by atoms with Gasteiger partial charge < -0.3 is 9.47 Å². The summed E-state index contributed by atoms with van der Waals surface area (Å²) < 4.78 is 12.4. The summed E-state index contributed by atoms with van der Waals surface area (Å²) in [7, 11) is 0. The molecule has 0 aromatic heterocycles. The van der Waals surface area contributed by atoms with Crippen LogP contribution in [0.5, 0.6) is 5.75 Å². The zero-order chi connectivity index (χ0) is 26.9. The molecule has 0 atom stereocenters. The molecule has 0 bridgehead atoms. The molecule has 0 N–H and O–H groups in total. The van der Waals surface area contributed by atoms with E-state index in [9.17, 15) is 0 Å². The van der Waals surface area contributed by atoms with Crippen molar-refractivity contribution in [3.8, 4) is 5.75 Å². The van der Waals surface area contributed by atoms with Gasteiger partial charge in [-0.1, -0.05) is 111 Å². The Balaban J connectivity index is 1.32. The fourth-order valence-electron chi connectivity index (χ4n) is 5.35. The molecule has 5 rings (SSSR count). The lowest BCUT2D eigenvalue weighted by Gasteiger charge is -2.18. The van der Waals surface area contributed by atoms with Gasteiger partial charge in [0.05, 0.1) is 13.2 Å². The third-order valence-corrected chi connectivity index (χ3v) is 7.74. The molecule has 0 saturated heterocycles. The monoisotopic (exact) mass is 536 g/mol. The molecule has 0 unspecified atom stereocenters. The van der Waals surface area contributed by atoms with E-state index in [1.165, 1.54) is 58.4 Å². The SMILES string of the molecule is CCCCCCc1c2ccccc2c(COc2cccc(COCc3ccc(CCl)cc3)c2)c2ccccc12. The minimum atomic E-state index is 0.522. The number of unbranched alkanes of at least 4 members (excludes halogenated alkanes) is 3. The fraction of sp³-hybridized carbons (Fsp3) is 0.278. The molecule has 0 aliphatic carbocycles. The number of aryl methyl sites for hydroxylation is 1. The van der Waals surface area contributed by atoms with Gasteiger partial charge in [-0.2, -0.15) is 0 Å². The predicted octanol–water partition coefficient (Wildman–Crippen LogP) is 10.2. The van der Waals surface area contributed by atoms with E-state index < -0.39 is 0 Å². The third-order valence-electron chi connectivity index (χ3n) is 7.43. The largest absolute Gasteiger partial charge is 0.489 e. The van der Waals surface area contributed by atoms with Gasteiger partial charge in [0, 0.05) is 11.4 Å². The highest BCUT2D eigenvalue weighted by Crippen LogP contribution is 2.35. The first-order valence-corrected chi connectivity index (χ1v) is 14.6. The molecule has 5 aromatic carbocycles. The maximum atomic E-state index is 6.42. The second-order valence-corrected chi connectivity index (χ2v) is 10.5. The highest BCUT2D eigenvalue weighted by atomic mass is 35.5. The van der Waals surface area contributed by atoms with Gasteiger partial charge in [0.1, 0.15) is 12.4 Å². The summed E-state index contributed by atoms with van der Waals surface area (Å²) in [5.41, 5.74) is 6.08. The molecule has 2 nitrogen and oxygen atoms in total. The zero-order valence-corrected chi connectivity index (χ0v) is 23.6. The van der Waals surface area contributed by atoms with E-state index in [1.54, 1.807) is 0 Å². The van der Waals surface area contributed by atoms with Crippen LogP contribution in [0.4, 0.5) is 0 Å². The van der Waals surface area contributed by atoms with Gasteiger partial charge in [0.2, 0.25) is 0 Å². The van der Waals surface area contributed by atoms with Crippen molar-refractivity contribution in [3.05, 3.63) is 125 Å². The summed E-state index contributed by atoms with van der Waals surface area (Å²) in [4.78, 5) is 0. The Hall–Kier alpha value is -3.33. The molecule has 3 heteroatoms. The molecule has 0 saturated carbocycles. The summed E-state index contributed by atoms with van der Waals surface area (Å²) in [5, 5.41) is 5.29. The van der Waals surface area contributed by atoms with Crippen molar-refractivity contribution in [3.63, 3.8) is 0 Å². The Labute approximate surface area is 237 Å². The lowest BCUT2D eigenvalue weighted by Crippen LogP contribution is -2.01. The molecule has 0 aliphatic heterocycles. The van der Waals surface area contributed by atoms with Gasteiger partial charge in [-0.15, -0.1) is 11.6 Å². The predicted molar refractivity (Wildman–Crippen MR) is 165 cm³/mol. The summed E-state index contributed by atoms with van der Waals surface area (Å²) in [6.07, 6.45) is 6.18. The molecular weight excluding hydrogens is 500 g/mol. The van der Waals surface area contributed by atoms with E-state index in [-0.39, 0.29) is 0 Å². The molecule has 0 heterocycles. The number of halogens is 1. The Morgan fingerprint density at radius 3 is 1.82 bits per heavy atom. The smallest absolute Gasteiger partial charge is 0.120 e. The lowest BCUT2D eigenvalue weighted by atomic mass is 9.89. The van der Waals surface area contributed by atoms with E-state index in [0.717, 1.165) is 28.9 Å². The number of ether oxygens (including phenoxy) is 2. The van der Waals surface area contributed by atoms with E-state index in [1.807, 2.05) is 24.3 Å². The lowest BCUT2D eigenvalue weighted by molar-refractivity contribution is 0.107. The number of benzene rings is 5. The van der Waals surface area contributed by atoms with Crippen LogP contribution >= 0.6 is 11.6 Å². The third kappa shape index (κ3) is 6.82. The summed E-state index contributed by atoms with van der Waals surface area (Å²) in [6.45, 7) is 3.89. The van der Waals surface area contributed by atoms with Gasteiger partial charge >= 0.3 is 0 Å². The van der Waals surface area contributed by atoms with Crippen molar-refractivity contribution in [1.29, 1.82) is 0 Å². The van der Waals surface area contributed by atoms with Gasteiger partial charge in [0.15, 0.2) is 0 Å². The van der Waals surface area contributed by atoms with Crippen molar-refractivity contribution >= 4 is 33.1 Å². The molecule has 5 aromatic rings. The minimum absolute atomic E-state index is 0.522. The van der Waals surface area contributed by atoms with E-state index >= 15 is 0 Å². The number of hydrogen-bond donors (Lipinski definition) is 0. The highest BCUT2D eigenvalue weighted by molar-refractivity contribution is 6.17. The molecular formula is C36H37ClO2. The summed E-state index contributed by atoms with van der Waals surface area (Å²) in [6, 6.07) is 34.1. The van der Waals surface area contributed by atoms with Crippen LogP contribution in [0.2, 0.25) is 0 Å². The standard InChI is InChI=1S/C36H37ClO2/c1-2-3-4-5-13-31-32-14-6-8-16-34(32)36(35-17-9-7-15-33(31)35)26-39-30-12-10-11-29(22-30)25-38-24-28-20-18-27(23-37)19-21-28/h6-12,14-22H,2-5,13,23-26H2,1H3. The molecule has 39 heavy (non-hydrogen) atoms. The Kier molecular flexibility index (Phi) is 9.53. The quantitative estimate of drug-likeness (QED) is 0.0846. The van der Waals surface area contributed by atoms with Crippen molar-refractivity contribution < 1.29 is 9.47 Å². The van der Waals surface area contributed by atoms with Crippen LogP contribution in [0.1, 0.15) is 60.4 Å². The van der Waals surface area contributed by atoms with E-state index in [2.05, 4.69) is 79.7 Å². The molecule has 0 fully saturated rings. The van der Waals surface area contributed by atoms with Crippen LogP contribution in [0.15, 0.2) is 97.1 Å². The topological polar surface area (TPSA) is 18.5 Å². The van der Waals surface area contributed by atoms with E-state index in [0.29, 0.717) is 25.7 Å². The zero-order valence-electron chi connectivity index (χ0n) is 22.8. The van der Waals surface area contributed by atoms with Crippen molar-refractivity contribution in [2.24, 2.45) is 0 Å².